The molecule has 0 bridgehead atoms. The van der Waals surface area contributed by atoms with E-state index in [2.05, 4.69) is 35.5 Å². The van der Waals surface area contributed by atoms with E-state index in [-0.39, 0.29) is 11.7 Å². The number of nitrogens with one attached hydrogen (secondary N) is 2. The fourth-order valence-corrected chi connectivity index (χ4v) is 3.71. The summed E-state index contributed by atoms with van der Waals surface area (Å²) in [5, 5.41) is 8.49. The predicted molar refractivity (Wildman–Crippen MR) is 111 cm³/mol. The van der Waals surface area contributed by atoms with E-state index in [1.165, 1.54) is 30.5 Å². The van der Waals surface area contributed by atoms with Gasteiger partial charge in [0.1, 0.15) is 11.6 Å². The summed E-state index contributed by atoms with van der Waals surface area (Å²) in [6.07, 6.45) is 3.99. The van der Waals surface area contributed by atoms with Crippen LogP contribution in [-0.4, -0.2) is 38.9 Å². The Kier molecular flexibility index (Phi) is 5.29. The fraction of sp³-hybridized carbons (Fsp3) is 0.316. The summed E-state index contributed by atoms with van der Waals surface area (Å²) in [6, 6.07) is 3.11. The molecule has 11 heteroatoms. The molecule has 1 aliphatic rings. The van der Waals surface area contributed by atoms with E-state index >= 15 is 0 Å². The topological polar surface area (TPSA) is 95.9 Å². The number of carbonyl (C=O) groups excluding carboxylic acids is 1. The largest absolute Gasteiger partial charge is 0.348 e. The van der Waals surface area contributed by atoms with Crippen LogP contribution >= 0.6 is 11.3 Å². The maximum absolute atomic E-state index is 13.6. The molecule has 3 aromatic rings. The number of hydrogen-bond donors (Lipinski definition) is 2. The third-order valence-corrected chi connectivity index (χ3v) is 5.32. The second-order valence-corrected chi connectivity index (χ2v) is 7.77. The molecule has 0 radical (unpaired) electrons. The van der Waals surface area contributed by atoms with Gasteiger partial charge in [-0.05, 0) is 12.5 Å². The first kappa shape index (κ1) is 20.1. The van der Waals surface area contributed by atoms with Gasteiger partial charge < -0.3 is 15.5 Å². The molecule has 0 spiro atoms. The van der Waals surface area contributed by atoms with E-state index in [4.69, 9.17) is 0 Å². The lowest BCUT2D eigenvalue weighted by Gasteiger charge is -2.30. The summed E-state index contributed by atoms with van der Waals surface area (Å²) in [6.45, 7) is 4.08. The third-order valence-electron chi connectivity index (χ3n) is 4.41. The number of thiazole rings is 1. The Balaban J connectivity index is 1.70. The highest BCUT2D eigenvalue weighted by Gasteiger charge is 2.28. The molecule has 3 aromatic heterocycles. The van der Waals surface area contributed by atoms with Crippen molar-refractivity contribution in [1.29, 1.82) is 0 Å². The van der Waals surface area contributed by atoms with Gasteiger partial charge in [-0.1, -0.05) is 0 Å². The smallest absolute Gasteiger partial charge is 0.303 e. The molecule has 8 nitrogen and oxygen atoms in total. The van der Waals surface area contributed by atoms with E-state index < -0.39 is 11.7 Å². The summed E-state index contributed by atoms with van der Waals surface area (Å²) in [4.78, 5) is 30.1. The van der Waals surface area contributed by atoms with Gasteiger partial charge >= 0.3 is 5.92 Å². The summed E-state index contributed by atoms with van der Waals surface area (Å²) in [7, 11) is 0. The Morgan fingerprint density at radius 3 is 2.70 bits per heavy atom. The number of carbonyl (C=O) groups is 1. The van der Waals surface area contributed by atoms with Crippen molar-refractivity contribution >= 4 is 39.7 Å². The molecule has 1 amide bonds. The third kappa shape index (κ3) is 4.35. The van der Waals surface area contributed by atoms with Gasteiger partial charge in [-0.15, -0.1) is 11.3 Å². The van der Waals surface area contributed by atoms with E-state index in [0.717, 1.165) is 31.6 Å². The molecule has 156 valence electrons. The number of alkyl halides is 2. The first-order chi connectivity index (χ1) is 14.3. The zero-order chi connectivity index (χ0) is 21.3. The van der Waals surface area contributed by atoms with Crippen molar-refractivity contribution in [3.05, 3.63) is 35.7 Å². The van der Waals surface area contributed by atoms with Gasteiger partial charge in [0.2, 0.25) is 11.7 Å². The number of amides is 1. The van der Waals surface area contributed by atoms with Crippen molar-refractivity contribution in [3.63, 3.8) is 0 Å². The fourth-order valence-electron chi connectivity index (χ4n) is 2.83. The number of halogens is 2. The molecule has 1 saturated heterocycles. The van der Waals surface area contributed by atoms with Crippen molar-refractivity contribution in [1.82, 2.24) is 19.9 Å². The average Bonchev–Trinajstić information content (AvgIpc) is 3.08. The minimum absolute atomic E-state index is 0.195. The normalized spacial score (nSPS) is 13.7. The summed E-state index contributed by atoms with van der Waals surface area (Å²) < 4.78 is 27.2. The van der Waals surface area contributed by atoms with Crippen LogP contribution in [-0.2, 0) is 10.7 Å². The van der Waals surface area contributed by atoms with Crippen molar-refractivity contribution in [2.45, 2.75) is 26.2 Å². The van der Waals surface area contributed by atoms with Gasteiger partial charge in [-0.2, -0.15) is 8.78 Å². The van der Waals surface area contributed by atoms with Crippen LogP contribution in [0.3, 0.4) is 0 Å². The Morgan fingerprint density at radius 1 is 1.23 bits per heavy atom. The number of hydrogen-bond acceptors (Lipinski definition) is 8. The van der Waals surface area contributed by atoms with Gasteiger partial charge in [0.25, 0.3) is 0 Å². The Hall–Kier alpha value is -3.21. The standard InChI is InChI=1S/C19H19F2N7OS/c1-11(29)24-16-8-13(25-15-4-5-22-17(27-15)19(2,20)21)12(9-23-16)14-10-30-18(26-14)28-6-3-7-28/h4-5,8-10H,3,6-7H2,1-2H3,(H2,22,23,24,25,27,29). The average molecular weight is 431 g/mol. The first-order valence-corrected chi connectivity index (χ1v) is 10.1. The molecule has 0 atom stereocenters. The van der Waals surface area contributed by atoms with Crippen molar-refractivity contribution < 1.29 is 13.6 Å². The zero-order valence-electron chi connectivity index (χ0n) is 16.3. The Labute approximate surface area is 175 Å². The van der Waals surface area contributed by atoms with Crippen LogP contribution in [0.4, 0.5) is 31.2 Å². The molecule has 0 unspecified atom stereocenters. The summed E-state index contributed by atoms with van der Waals surface area (Å²) in [5.74, 6) is -3.51. The number of pyridine rings is 1. The monoisotopic (exact) mass is 431 g/mol. The first-order valence-electron chi connectivity index (χ1n) is 9.26. The number of rotatable bonds is 6. The number of aromatic nitrogens is 4. The van der Waals surface area contributed by atoms with Gasteiger partial charge in [-0.3, -0.25) is 4.79 Å². The molecular formula is C19H19F2N7OS. The lowest BCUT2D eigenvalue weighted by atomic mass is 10.2. The maximum Gasteiger partial charge on any atom is 0.303 e. The van der Waals surface area contributed by atoms with Crippen LogP contribution in [0.2, 0.25) is 0 Å². The second-order valence-electron chi connectivity index (χ2n) is 6.93. The molecule has 1 aliphatic heterocycles. The van der Waals surface area contributed by atoms with Crippen molar-refractivity contribution in [2.75, 3.05) is 28.6 Å². The summed E-state index contributed by atoms with van der Waals surface area (Å²) in [5.41, 5.74) is 1.88. The minimum Gasteiger partial charge on any atom is -0.348 e. The minimum atomic E-state index is -3.17. The summed E-state index contributed by atoms with van der Waals surface area (Å²) >= 11 is 1.53. The predicted octanol–water partition coefficient (Wildman–Crippen LogP) is 4.02. The van der Waals surface area contributed by atoms with Crippen LogP contribution in [0.15, 0.2) is 29.9 Å². The highest BCUT2D eigenvalue weighted by molar-refractivity contribution is 7.14. The lowest BCUT2D eigenvalue weighted by Crippen LogP contribution is -2.36. The number of anilines is 4. The highest BCUT2D eigenvalue weighted by atomic mass is 32.1. The van der Waals surface area contributed by atoms with E-state index in [1.54, 1.807) is 12.3 Å². The SMILES string of the molecule is CC(=O)Nc1cc(Nc2ccnc(C(C)(F)F)n2)c(-c2csc(N3CCC3)n2)cn1. The van der Waals surface area contributed by atoms with Crippen LogP contribution in [0.25, 0.3) is 11.3 Å². The molecule has 2 N–H and O–H groups in total. The molecule has 1 fully saturated rings. The molecular weight excluding hydrogens is 412 g/mol. The Bertz CT molecular complexity index is 1080. The van der Waals surface area contributed by atoms with E-state index in [9.17, 15) is 13.6 Å². The second kappa shape index (κ2) is 7.90. The molecule has 4 rings (SSSR count). The molecule has 4 heterocycles. The van der Waals surface area contributed by atoms with Gasteiger partial charge in [0, 0.05) is 56.3 Å². The maximum atomic E-state index is 13.6. The van der Waals surface area contributed by atoms with Crippen molar-refractivity contribution in [3.8, 4) is 11.3 Å². The highest BCUT2D eigenvalue weighted by Crippen LogP contribution is 2.35. The molecule has 0 aliphatic carbocycles. The van der Waals surface area contributed by atoms with Crippen LogP contribution < -0.4 is 15.5 Å². The van der Waals surface area contributed by atoms with Gasteiger partial charge in [-0.25, -0.2) is 19.9 Å². The quantitative estimate of drug-likeness (QED) is 0.609. The van der Waals surface area contributed by atoms with Gasteiger partial charge in [0.15, 0.2) is 5.13 Å². The van der Waals surface area contributed by atoms with Crippen LogP contribution in [0, 0.1) is 0 Å². The molecule has 0 saturated carbocycles. The number of nitrogens with zero attached hydrogens (tertiary/aromatic N) is 5. The van der Waals surface area contributed by atoms with Gasteiger partial charge in [0.05, 0.1) is 11.4 Å². The van der Waals surface area contributed by atoms with E-state index in [1.807, 2.05) is 5.38 Å². The van der Waals surface area contributed by atoms with Crippen LogP contribution in [0.1, 0.15) is 26.1 Å². The zero-order valence-corrected chi connectivity index (χ0v) is 17.1. The lowest BCUT2D eigenvalue weighted by molar-refractivity contribution is -0.114. The van der Waals surface area contributed by atoms with E-state index in [0.29, 0.717) is 22.8 Å². The Morgan fingerprint density at radius 2 is 2.03 bits per heavy atom. The molecule has 30 heavy (non-hydrogen) atoms. The van der Waals surface area contributed by atoms with Crippen LogP contribution in [0.5, 0.6) is 0 Å². The van der Waals surface area contributed by atoms with Crippen molar-refractivity contribution in [2.24, 2.45) is 0 Å². The molecule has 0 aromatic carbocycles.